The van der Waals surface area contributed by atoms with Gasteiger partial charge in [0.05, 0.1) is 6.54 Å². The highest BCUT2D eigenvalue weighted by molar-refractivity contribution is 9.10. The molecule has 0 spiro atoms. The summed E-state index contributed by atoms with van der Waals surface area (Å²) in [6, 6.07) is 7.51. The van der Waals surface area contributed by atoms with Crippen LogP contribution in [0.5, 0.6) is 5.75 Å². The van der Waals surface area contributed by atoms with E-state index in [2.05, 4.69) is 21.2 Å². The predicted octanol–water partition coefficient (Wildman–Crippen LogP) is 2.25. The first-order chi connectivity index (χ1) is 9.10. The standard InChI is InChI=1S/C14H18BrNO3/c15-11-3-5-12(6-4-11)19-10-9-16-13(17)14(18)7-1-2-8-14/h3-6,18H,1-2,7-10H2,(H,16,17). The van der Waals surface area contributed by atoms with Gasteiger partial charge in [-0.1, -0.05) is 15.9 Å². The largest absolute Gasteiger partial charge is 0.492 e. The minimum Gasteiger partial charge on any atom is -0.492 e. The Balaban J connectivity index is 1.69. The molecule has 1 aliphatic carbocycles. The second-order valence-corrected chi connectivity index (χ2v) is 5.71. The van der Waals surface area contributed by atoms with E-state index < -0.39 is 5.60 Å². The molecule has 0 unspecified atom stereocenters. The van der Waals surface area contributed by atoms with Gasteiger partial charge >= 0.3 is 0 Å². The molecule has 1 saturated carbocycles. The van der Waals surface area contributed by atoms with Gasteiger partial charge in [-0.2, -0.15) is 0 Å². The number of hydrogen-bond acceptors (Lipinski definition) is 3. The molecule has 1 aromatic carbocycles. The van der Waals surface area contributed by atoms with Gasteiger partial charge in [-0.05, 0) is 49.9 Å². The zero-order valence-electron chi connectivity index (χ0n) is 10.7. The van der Waals surface area contributed by atoms with E-state index in [1.807, 2.05) is 24.3 Å². The van der Waals surface area contributed by atoms with Gasteiger partial charge in [0.25, 0.3) is 5.91 Å². The molecular formula is C14H18BrNO3. The molecule has 5 heteroatoms. The Hall–Kier alpha value is -1.07. The van der Waals surface area contributed by atoms with Gasteiger partial charge in [0, 0.05) is 4.47 Å². The summed E-state index contributed by atoms with van der Waals surface area (Å²) >= 11 is 3.35. The van der Waals surface area contributed by atoms with Crippen molar-refractivity contribution in [3.05, 3.63) is 28.7 Å². The number of benzene rings is 1. The van der Waals surface area contributed by atoms with E-state index in [-0.39, 0.29) is 5.91 Å². The van der Waals surface area contributed by atoms with E-state index in [4.69, 9.17) is 4.74 Å². The van der Waals surface area contributed by atoms with Crippen LogP contribution in [-0.4, -0.2) is 29.8 Å². The average molecular weight is 328 g/mol. The lowest BCUT2D eigenvalue weighted by Crippen LogP contribution is -2.45. The maximum atomic E-state index is 11.8. The summed E-state index contributed by atoms with van der Waals surface area (Å²) < 4.78 is 6.49. The first kappa shape index (κ1) is 14.3. The minimum absolute atomic E-state index is 0.274. The van der Waals surface area contributed by atoms with E-state index in [1.165, 1.54) is 0 Å². The Morgan fingerprint density at radius 3 is 2.58 bits per heavy atom. The molecule has 4 nitrogen and oxygen atoms in total. The molecule has 0 saturated heterocycles. The molecule has 0 atom stereocenters. The molecule has 0 bridgehead atoms. The van der Waals surface area contributed by atoms with Crippen LogP contribution in [0.15, 0.2) is 28.7 Å². The summed E-state index contributed by atoms with van der Waals surface area (Å²) in [5.74, 6) is 0.487. The number of carbonyl (C=O) groups is 1. The third-order valence-corrected chi connectivity index (χ3v) is 3.85. The SMILES string of the molecule is O=C(NCCOc1ccc(Br)cc1)C1(O)CCCC1. The fourth-order valence-corrected chi connectivity index (χ4v) is 2.48. The summed E-state index contributed by atoms with van der Waals surface area (Å²) in [6.45, 7) is 0.792. The van der Waals surface area contributed by atoms with E-state index in [0.717, 1.165) is 23.1 Å². The van der Waals surface area contributed by atoms with Crippen LogP contribution in [0.25, 0.3) is 0 Å². The van der Waals surface area contributed by atoms with Crippen LogP contribution in [0.3, 0.4) is 0 Å². The summed E-state index contributed by atoms with van der Waals surface area (Å²) in [5.41, 5.74) is -1.16. The lowest BCUT2D eigenvalue weighted by molar-refractivity contribution is -0.139. The van der Waals surface area contributed by atoms with Gasteiger partial charge in [-0.15, -0.1) is 0 Å². The van der Waals surface area contributed by atoms with Gasteiger partial charge in [0.1, 0.15) is 18.0 Å². The molecule has 0 radical (unpaired) electrons. The van der Waals surface area contributed by atoms with Crippen molar-refractivity contribution in [2.45, 2.75) is 31.3 Å². The summed E-state index contributed by atoms with van der Waals surface area (Å²) in [5, 5.41) is 12.8. The van der Waals surface area contributed by atoms with E-state index in [1.54, 1.807) is 0 Å². The van der Waals surface area contributed by atoms with Crippen molar-refractivity contribution in [1.29, 1.82) is 0 Å². The molecule has 1 fully saturated rings. The van der Waals surface area contributed by atoms with Crippen molar-refractivity contribution in [2.75, 3.05) is 13.2 Å². The molecule has 1 aliphatic rings. The topological polar surface area (TPSA) is 58.6 Å². The van der Waals surface area contributed by atoms with Gasteiger partial charge < -0.3 is 15.2 Å². The molecule has 2 rings (SSSR count). The van der Waals surface area contributed by atoms with E-state index in [9.17, 15) is 9.90 Å². The molecule has 0 heterocycles. The number of hydrogen-bond donors (Lipinski definition) is 2. The second-order valence-electron chi connectivity index (χ2n) is 4.80. The van der Waals surface area contributed by atoms with Crippen LogP contribution >= 0.6 is 15.9 Å². The monoisotopic (exact) mass is 327 g/mol. The highest BCUT2D eigenvalue weighted by Crippen LogP contribution is 2.29. The van der Waals surface area contributed by atoms with Crippen LogP contribution in [0, 0.1) is 0 Å². The Labute approximate surface area is 121 Å². The lowest BCUT2D eigenvalue weighted by Gasteiger charge is -2.20. The van der Waals surface area contributed by atoms with Gasteiger partial charge in [-0.3, -0.25) is 4.79 Å². The molecule has 104 valence electrons. The van der Waals surface area contributed by atoms with Crippen LogP contribution in [0.2, 0.25) is 0 Å². The minimum atomic E-state index is -1.16. The third kappa shape index (κ3) is 3.94. The van der Waals surface area contributed by atoms with E-state index >= 15 is 0 Å². The number of aliphatic hydroxyl groups is 1. The van der Waals surface area contributed by atoms with Crippen molar-refractivity contribution in [2.24, 2.45) is 0 Å². The number of rotatable bonds is 5. The van der Waals surface area contributed by atoms with Gasteiger partial charge in [0.2, 0.25) is 0 Å². The highest BCUT2D eigenvalue weighted by Gasteiger charge is 2.38. The normalized spacial score (nSPS) is 17.2. The van der Waals surface area contributed by atoms with Crippen molar-refractivity contribution in [1.82, 2.24) is 5.32 Å². The van der Waals surface area contributed by atoms with E-state index in [0.29, 0.717) is 26.0 Å². The quantitative estimate of drug-likeness (QED) is 0.815. The Kier molecular flexibility index (Phi) is 4.82. The smallest absolute Gasteiger partial charge is 0.252 e. The fraction of sp³-hybridized carbons (Fsp3) is 0.500. The number of ether oxygens (including phenoxy) is 1. The zero-order chi connectivity index (χ0) is 13.7. The maximum absolute atomic E-state index is 11.8. The van der Waals surface area contributed by atoms with Crippen LogP contribution < -0.4 is 10.1 Å². The van der Waals surface area contributed by atoms with Gasteiger partial charge in [-0.25, -0.2) is 0 Å². The Bertz CT molecular complexity index is 427. The number of carbonyl (C=O) groups excluding carboxylic acids is 1. The Morgan fingerprint density at radius 2 is 1.95 bits per heavy atom. The van der Waals surface area contributed by atoms with Crippen LogP contribution in [0.1, 0.15) is 25.7 Å². The first-order valence-electron chi connectivity index (χ1n) is 6.49. The average Bonchev–Trinajstić information content (AvgIpc) is 2.85. The number of nitrogens with one attached hydrogen (secondary N) is 1. The molecular weight excluding hydrogens is 310 g/mol. The number of halogens is 1. The van der Waals surface area contributed by atoms with Crippen LogP contribution in [0.4, 0.5) is 0 Å². The third-order valence-electron chi connectivity index (χ3n) is 3.32. The lowest BCUT2D eigenvalue weighted by atomic mass is 10.0. The summed E-state index contributed by atoms with van der Waals surface area (Å²) in [7, 11) is 0. The highest BCUT2D eigenvalue weighted by atomic mass is 79.9. The van der Waals surface area contributed by atoms with Crippen molar-refractivity contribution < 1.29 is 14.6 Å². The summed E-state index contributed by atoms with van der Waals surface area (Å²) in [6.07, 6.45) is 2.96. The van der Waals surface area contributed by atoms with Crippen LogP contribution in [-0.2, 0) is 4.79 Å². The molecule has 0 aliphatic heterocycles. The van der Waals surface area contributed by atoms with Crippen molar-refractivity contribution in [3.8, 4) is 5.75 Å². The molecule has 1 amide bonds. The molecule has 2 N–H and O–H groups in total. The van der Waals surface area contributed by atoms with Crippen molar-refractivity contribution >= 4 is 21.8 Å². The molecule has 0 aromatic heterocycles. The number of amides is 1. The Morgan fingerprint density at radius 1 is 1.32 bits per heavy atom. The fourth-order valence-electron chi connectivity index (χ4n) is 2.22. The maximum Gasteiger partial charge on any atom is 0.252 e. The zero-order valence-corrected chi connectivity index (χ0v) is 12.3. The molecule has 1 aromatic rings. The molecule has 19 heavy (non-hydrogen) atoms. The van der Waals surface area contributed by atoms with Crippen molar-refractivity contribution in [3.63, 3.8) is 0 Å². The summed E-state index contributed by atoms with van der Waals surface area (Å²) in [4.78, 5) is 11.8. The van der Waals surface area contributed by atoms with Gasteiger partial charge in [0.15, 0.2) is 0 Å². The predicted molar refractivity (Wildman–Crippen MR) is 76.1 cm³/mol. The second kappa shape index (κ2) is 6.39. The first-order valence-corrected chi connectivity index (χ1v) is 7.28.